The Morgan fingerprint density at radius 2 is 2.00 bits per heavy atom. The van der Waals surface area contributed by atoms with Gasteiger partial charge >= 0.3 is 0 Å². The predicted octanol–water partition coefficient (Wildman–Crippen LogP) is 3.05. The Bertz CT molecular complexity index is 605. The van der Waals surface area contributed by atoms with E-state index in [1.807, 2.05) is 36.4 Å². The van der Waals surface area contributed by atoms with Crippen LogP contribution in [0.5, 0.6) is 0 Å². The molecule has 0 atom stereocenters. The fourth-order valence-electron chi connectivity index (χ4n) is 1.53. The number of para-hydroxylation sites is 1. The van der Waals surface area contributed by atoms with E-state index in [1.54, 1.807) is 6.07 Å². The van der Waals surface area contributed by atoms with Gasteiger partial charge < -0.3 is 5.11 Å². The number of aromatic nitrogens is 1. The summed E-state index contributed by atoms with van der Waals surface area (Å²) in [6, 6.07) is 13.2. The van der Waals surface area contributed by atoms with Gasteiger partial charge in [-0.15, -0.1) is 0 Å². The zero-order chi connectivity index (χ0) is 11.5. The molecule has 2 rings (SSSR count). The molecule has 1 heterocycles. The molecule has 0 aliphatic heterocycles. The highest BCUT2D eigenvalue weighted by Crippen LogP contribution is 2.18. The van der Waals surface area contributed by atoms with Crippen LogP contribution >= 0.6 is 0 Å². The minimum Gasteiger partial charge on any atom is -0.511 e. The second kappa shape index (κ2) is 4.03. The van der Waals surface area contributed by atoms with Crippen LogP contribution in [0, 0.1) is 11.3 Å². The second-order valence-electron chi connectivity index (χ2n) is 3.46. The van der Waals surface area contributed by atoms with Gasteiger partial charge in [-0.05, 0) is 19.1 Å². The maximum atomic E-state index is 9.35. The molecule has 0 amide bonds. The Hall–Kier alpha value is -2.34. The first kappa shape index (κ1) is 10.2. The summed E-state index contributed by atoms with van der Waals surface area (Å²) in [5.41, 5.74) is 1.53. The number of benzene rings is 1. The van der Waals surface area contributed by atoms with Crippen LogP contribution in [-0.2, 0) is 0 Å². The monoisotopic (exact) mass is 210 g/mol. The predicted molar refractivity (Wildman–Crippen MR) is 62.6 cm³/mol. The molecule has 0 spiro atoms. The van der Waals surface area contributed by atoms with Crippen molar-refractivity contribution in [2.24, 2.45) is 0 Å². The molecule has 1 aromatic heterocycles. The Labute approximate surface area is 93.3 Å². The van der Waals surface area contributed by atoms with Crippen LogP contribution in [0.1, 0.15) is 12.6 Å². The third kappa shape index (κ3) is 1.73. The lowest BCUT2D eigenvalue weighted by Crippen LogP contribution is -1.91. The fraction of sp³-hybridized carbons (Fsp3) is 0.0769. The van der Waals surface area contributed by atoms with Crippen molar-refractivity contribution in [3.8, 4) is 6.07 Å². The molecule has 0 bridgehead atoms. The number of aliphatic hydroxyl groups is 1. The molecular weight excluding hydrogens is 200 g/mol. The average Bonchev–Trinajstić information content (AvgIpc) is 2.29. The van der Waals surface area contributed by atoms with E-state index in [2.05, 4.69) is 4.98 Å². The molecule has 0 saturated heterocycles. The van der Waals surface area contributed by atoms with Gasteiger partial charge in [0.15, 0.2) is 0 Å². The molecule has 3 nitrogen and oxygen atoms in total. The summed E-state index contributed by atoms with van der Waals surface area (Å²) in [4.78, 5) is 4.33. The van der Waals surface area contributed by atoms with Crippen molar-refractivity contribution < 1.29 is 5.11 Å². The topological polar surface area (TPSA) is 56.9 Å². The number of nitriles is 1. The third-order valence-electron chi connectivity index (χ3n) is 2.33. The quantitative estimate of drug-likeness (QED) is 0.581. The Morgan fingerprint density at radius 3 is 2.69 bits per heavy atom. The molecule has 0 fully saturated rings. The molecule has 1 N–H and O–H groups in total. The summed E-state index contributed by atoms with van der Waals surface area (Å²) in [5, 5.41) is 19.3. The average molecular weight is 210 g/mol. The van der Waals surface area contributed by atoms with Crippen molar-refractivity contribution in [1.82, 2.24) is 4.98 Å². The normalized spacial score (nSPS) is 12.0. The van der Waals surface area contributed by atoms with Crippen LogP contribution < -0.4 is 0 Å². The van der Waals surface area contributed by atoms with Crippen LogP contribution in [0.15, 0.2) is 42.2 Å². The van der Waals surface area contributed by atoms with E-state index in [1.165, 1.54) is 6.92 Å². The summed E-state index contributed by atoms with van der Waals surface area (Å²) < 4.78 is 0. The van der Waals surface area contributed by atoms with E-state index in [4.69, 9.17) is 5.26 Å². The first-order valence-electron chi connectivity index (χ1n) is 4.88. The lowest BCUT2D eigenvalue weighted by molar-refractivity contribution is 0.418. The van der Waals surface area contributed by atoms with Gasteiger partial charge in [-0.3, -0.25) is 0 Å². The first-order chi connectivity index (χ1) is 7.72. The minimum absolute atomic E-state index is 0.00900. The Balaban J connectivity index is 2.65. The zero-order valence-electron chi connectivity index (χ0n) is 8.81. The van der Waals surface area contributed by atoms with Crippen molar-refractivity contribution in [2.75, 3.05) is 0 Å². The molecule has 0 saturated carbocycles. The van der Waals surface area contributed by atoms with Crippen LogP contribution in [0.25, 0.3) is 16.5 Å². The van der Waals surface area contributed by atoms with Crippen LogP contribution in [0.4, 0.5) is 0 Å². The Morgan fingerprint density at radius 1 is 1.25 bits per heavy atom. The summed E-state index contributed by atoms with van der Waals surface area (Å²) >= 11 is 0. The number of pyridine rings is 1. The van der Waals surface area contributed by atoms with E-state index < -0.39 is 0 Å². The van der Waals surface area contributed by atoms with E-state index in [0.29, 0.717) is 5.69 Å². The lowest BCUT2D eigenvalue weighted by atomic mass is 10.1. The van der Waals surface area contributed by atoms with Crippen molar-refractivity contribution in [3.05, 3.63) is 47.9 Å². The van der Waals surface area contributed by atoms with Gasteiger partial charge in [0.1, 0.15) is 17.4 Å². The minimum atomic E-state index is -0.00900. The van der Waals surface area contributed by atoms with Gasteiger partial charge in [0.05, 0.1) is 11.2 Å². The maximum absolute atomic E-state index is 9.35. The number of rotatable bonds is 1. The van der Waals surface area contributed by atoms with Gasteiger partial charge in [-0.1, -0.05) is 24.3 Å². The summed E-state index contributed by atoms with van der Waals surface area (Å²) in [6.45, 7) is 1.48. The Kier molecular flexibility index (Phi) is 2.57. The highest BCUT2D eigenvalue weighted by atomic mass is 16.3. The molecule has 78 valence electrons. The number of fused-ring (bicyclic) bond motifs is 1. The highest BCUT2D eigenvalue weighted by Gasteiger charge is 2.06. The SMILES string of the molecule is C/C(O)=C(\C#N)c1ccc2ccccc2n1. The second-order valence-corrected chi connectivity index (χ2v) is 3.46. The zero-order valence-corrected chi connectivity index (χ0v) is 8.81. The molecule has 0 aliphatic rings. The summed E-state index contributed by atoms with van der Waals surface area (Å²) in [7, 11) is 0. The van der Waals surface area contributed by atoms with Gasteiger partial charge in [0.2, 0.25) is 0 Å². The molecule has 0 radical (unpaired) electrons. The summed E-state index contributed by atoms with van der Waals surface area (Å²) in [5.74, 6) is -0.00900. The maximum Gasteiger partial charge on any atom is 0.115 e. The molecule has 16 heavy (non-hydrogen) atoms. The van der Waals surface area contributed by atoms with E-state index in [9.17, 15) is 5.11 Å². The van der Waals surface area contributed by atoms with E-state index >= 15 is 0 Å². The standard InChI is InChI=1S/C13H10N2O/c1-9(16)11(8-14)13-7-6-10-4-2-3-5-12(10)15-13/h2-7,16H,1H3/b11-9-. The summed E-state index contributed by atoms with van der Waals surface area (Å²) in [6.07, 6.45) is 0. The number of nitrogens with zero attached hydrogens (tertiary/aromatic N) is 2. The highest BCUT2D eigenvalue weighted by molar-refractivity contribution is 5.83. The van der Waals surface area contributed by atoms with Crippen molar-refractivity contribution >= 4 is 16.5 Å². The first-order valence-corrected chi connectivity index (χ1v) is 4.88. The van der Waals surface area contributed by atoms with Gasteiger partial charge in [0.25, 0.3) is 0 Å². The number of allylic oxidation sites excluding steroid dienone is 2. The molecule has 2 aromatic rings. The smallest absolute Gasteiger partial charge is 0.115 e. The lowest BCUT2D eigenvalue weighted by Gasteiger charge is -2.02. The van der Waals surface area contributed by atoms with Crippen molar-refractivity contribution in [3.63, 3.8) is 0 Å². The fourth-order valence-corrected chi connectivity index (χ4v) is 1.53. The molecular formula is C13H10N2O. The van der Waals surface area contributed by atoms with Crippen LogP contribution in [0.3, 0.4) is 0 Å². The van der Waals surface area contributed by atoms with Crippen molar-refractivity contribution in [1.29, 1.82) is 5.26 Å². The van der Waals surface area contributed by atoms with Crippen molar-refractivity contribution in [2.45, 2.75) is 6.92 Å². The molecule has 0 aliphatic carbocycles. The van der Waals surface area contributed by atoms with Gasteiger partial charge in [-0.2, -0.15) is 5.26 Å². The number of hydrogen-bond donors (Lipinski definition) is 1. The van der Waals surface area contributed by atoms with Crippen LogP contribution in [0.2, 0.25) is 0 Å². The number of hydrogen-bond acceptors (Lipinski definition) is 3. The van der Waals surface area contributed by atoms with E-state index in [0.717, 1.165) is 10.9 Å². The van der Waals surface area contributed by atoms with Gasteiger partial charge in [-0.25, -0.2) is 4.98 Å². The van der Waals surface area contributed by atoms with Gasteiger partial charge in [0, 0.05) is 5.39 Å². The van der Waals surface area contributed by atoms with E-state index in [-0.39, 0.29) is 11.3 Å². The molecule has 0 unspecified atom stereocenters. The third-order valence-corrected chi connectivity index (χ3v) is 2.33. The van der Waals surface area contributed by atoms with Crippen LogP contribution in [-0.4, -0.2) is 10.1 Å². The molecule has 3 heteroatoms. The molecule has 1 aromatic carbocycles. The number of aliphatic hydroxyl groups excluding tert-OH is 1. The largest absolute Gasteiger partial charge is 0.511 e.